The number of sulfone groups is 1. The van der Waals surface area contributed by atoms with Gasteiger partial charge in [-0.3, -0.25) is 0 Å². The largest absolute Gasteiger partial charge is 0.497 e. The molecule has 0 bridgehead atoms. The molecule has 0 N–H and O–H groups in total. The Morgan fingerprint density at radius 3 is 2.59 bits per heavy atom. The number of fused-ring (bicyclic) bond motifs is 1. The maximum atomic E-state index is 12.5. The number of benzene rings is 2. The normalized spacial score (nSPS) is 15.1. The Bertz CT molecular complexity index is 851. The highest BCUT2D eigenvalue weighted by Gasteiger charge is 2.29. The highest BCUT2D eigenvalue weighted by molar-refractivity contribution is 7.95. The number of rotatable bonds is 4. The minimum Gasteiger partial charge on any atom is -0.497 e. The Morgan fingerprint density at radius 1 is 1.05 bits per heavy atom. The summed E-state index contributed by atoms with van der Waals surface area (Å²) in [5.41, 5.74) is 1.75. The molecular weight excluding hydrogens is 300 g/mol. The predicted octanol–water partition coefficient (Wildman–Crippen LogP) is 3.21. The Kier molecular flexibility index (Phi) is 3.66. The van der Waals surface area contributed by atoms with E-state index in [1.807, 2.05) is 13.0 Å². The number of aryl methyl sites for hydroxylation is 1. The molecule has 0 saturated heterocycles. The molecule has 0 saturated carbocycles. The van der Waals surface area contributed by atoms with Gasteiger partial charge in [0.1, 0.15) is 18.1 Å². The van der Waals surface area contributed by atoms with Crippen molar-refractivity contribution in [3.63, 3.8) is 0 Å². The first kappa shape index (κ1) is 14.7. The van der Waals surface area contributed by atoms with Crippen molar-refractivity contribution < 1.29 is 17.9 Å². The molecule has 0 amide bonds. The summed E-state index contributed by atoms with van der Waals surface area (Å²) in [7, 11) is -1.87. The zero-order valence-electron chi connectivity index (χ0n) is 12.4. The van der Waals surface area contributed by atoms with E-state index in [1.54, 1.807) is 49.6 Å². The van der Waals surface area contributed by atoms with Crippen molar-refractivity contribution in [2.75, 3.05) is 13.7 Å². The van der Waals surface area contributed by atoms with Crippen LogP contribution in [0.2, 0.25) is 0 Å². The molecule has 2 aromatic rings. The fraction of sp³-hybridized carbons (Fsp3) is 0.176. The molecule has 114 valence electrons. The molecule has 0 spiro atoms. The molecule has 4 nitrogen and oxygen atoms in total. The third kappa shape index (κ3) is 2.60. The van der Waals surface area contributed by atoms with Crippen molar-refractivity contribution >= 4 is 15.9 Å². The third-order valence-corrected chi connectivity index (χ3v) is 5.42. The Balaban J connectivity index is 1.83. The van der Waals surface area contributed by atoms with Gasteiger partial charge in [-0.2, -0.15) is 0 Å². The second-order valence-corrected chi connectivity index (χ2v) is 7.09. The van der Waals surface area contributed by atoms with Gasteiger partial charge in [-0.15, -0.1) is 0 Å². The van der Waals surface area contributed by atoms with Gasteiger partial charge in [-0.1, -0.05) is 23.8 Å². The minimum atomic E-state index is -3.44. The molecule has 0 fully saturated rings. The summed E-state index contributed by atoms with van der Waals surface area (Å²) in [5.74, 6) is 1.24. The maximum absolute atomic E-state index is 12.5. The van der Waals surface area contributed by atoms with Gasteiger partial charge in [-0.05, 0) is 36.8 Å². The van der Waals surface area contributed by atoms with E-state index in [0.29, 0.717) is 16.4 Å². The van der Waals surface area contributed by atoms with Crippen molar-refractivity contribution in [1.29, 1.82) is 0 Å². The standard InChI is InChI=1S/C17H16O4S/c1-12-6-7-17-13(8-12)9-16(22(17,18)19)11-21-15-5-3-4-14(10-15)20-2/h3-10H,11H2,1-2H3. The van der Waals surface area contributed by atoms with Crippen LogP contribution < -0.4 is 9.47 Å². The quantitative estimate of drug-likeness (QED) is 0.869. The zero-order valence-corrected chi connectivity index (χ0v) is 13.2. The number of hydrogen-bond acceptors (Lipinski definition) is 4. The lowest BCUT2D eigenvalue weighted by molar-refractivity contribution is 0.353. The van der Waals surface area contributed by atoms with Gasteiger partial charge in [0.15, 0.2) is 0 Å². The Labute approximate surface area is 129 Å². The third-order valence-electron chi connectivity index (χ3n) is 3.54. The second-order valence-electron chi connectivity index (χ2n) is 5.12. The summed E-state index contributed by atoms with van der Waals surface area (Å²) >= 11 is 0. The first-order chi connectivity index (χ1) is 10.5. The predicted molar refractivity (Wildman–Crippen MR) is 84.8 cm³/mol. The first-order valence-electron chi connectivity index (χ1n) is 6.84. The van der Waals surface area contributed by atoms with E-state index in [0.717, 1.165) is 11.1 Å². The summed E-state index contributed by atoms with van der Waals surface area (Å²) in [5, 5.41) is 0. The molecule has 1 heterocycles. The zero-order chi connectivity index (χ0) is 15.7. The molecule has 2 aromatic carbocycles. The second kappa shape index (κ2) is 5.50. The fourth-order valence-electron chi connectivity index (χ4n) is 2.38. The van der Waals surface area contributed by atoms with Crippen molar-refractivity contribution in [3.05, 3.63) is 58.5 Å². The number of ether oxygens (including phenoxy) is 2. The SMILES string of the molecule is COc1cccc(OCC2=Cc3cc(C)ccc3S2(=O)=O)c1. The van der Waals surface area contributed by atoms with E-state index >= 15 is 0 Å². The van der Waals surface area contributed by atoms with E-state index in [2.05, 4.69) is 0 Å². The smallest absolute Gasteiger partial charge is 0.206 e. The maximum Gasteiger partial charge on any atom is 0.206 e. The summed E-state index contributed by atoms with van der Waals surface area (Å²) in [6.45, 7) is 1.94. The highest BCUT2D eigenvalue weighted by Crippen LogP contribution is 2.33. The van der Waals surface area contributed by atoms with Crippen LogP contribution in [-0.2, 0) is 9.84 Å². The molecule has 0 aromatic heterocycles. The molecule has 1 aliphatic heterocycles. The summed E-state index contributed by atoms with van der Waals surface area (Å²) in [6.07, 6.45) is 1.68. The number of methoxy groups -OCH3 is 1. The molecule has 5 heteroatoms. The van der Waals surface area contributed by atoms with Gasteiger partial charge in [0.2, 0.25) is 9.84 Å². The van der Waals surface area contributed by atoms with E-state index in [4.69, 9.17) is 9.47 Å². The van der Waals surface area contributed by atoms with Gasteiger partial charge >= 0.3 is 0 Å². The van der Waals surface area contributed by atoms with Crippen molar-refractivity contribution in [2.24, 2.45) is 0 Å². The Morgan fingerprint density at radius 2 is 1.82 bits per heavy atom. The van der Waals surface area contributed by atoms with Gasteiger partial charge in [0, 0.05) is 6.07 Å². The molecule has 0 atom stereocenters. The van der Waals surface area contributed by atoms with Crippen LogP contribution in [0.5, 0.6) is 11.5 Å². The van der Waals surface area contributed by atoms with Crippen LogP contribution in [0.3, 0.4) is 0 Å². The Hall–Kier alpha value is -2.27. The van der Waals surface area contributed by atoms with Crippen LogP contribution in [0.25, 0.3) is 6.08 Å². The molecule has 0 unspecified atom stereocenters. The van der Waals surface area contributed by atoms with Gasteiger partial charge in [0.25, 0.3) is 0 Å². The van der Waals surface area contributed by atoms with Crippen molar-refractivity contribution in [3.8, 4) is 11.5 Å². The topological polar surface area (TPSA) is 52.6 Å². The van der Waals surface area contributed by atoms with E-state index < -0.39 is 9.84 Å². The highest BCUT2D eigenvalue weighted by atomic mass is 32.2. The lowest BCUT2D eigenvalue weighted by atomic mass is 10.1. The van der Waals surface area contributed by atoms with Crippen LogP contribution in [0.1, 0.15) is 11.1 Å². The lowest BCUT2D eigenvalue weighted by Gasteiger charge is -2.08. The van der Waals surface area contributed by atoms with Crippen LogP contribution in [0.4, 0.5) is 0 Å². The van der Waals surface area contributed by atoms with Crippen LogP contribution in [0.15, 0.2) is 52.3 Å². The van der Waals surface area contributed by atoms with Crippen molar-refractivity contribution in [1.82, 2.24) is 0 Å². The molecular formula is C17H16O4S. The molecule has 1 aliphatic rings. The number of hydrogen-bond donors (Lipinski definition) is 0. The van der Waals surface area contributed by atoms with Gasteiger partial charge in [-0.25, -0.2) is 8.42 Å². The van der Waals surface area contributed by atoms with Gasteiger partial charge < -0.3 is 9.47 Å². The minimum absolute atomic E-state index is 0.00320. The monoisotopic (exact) mass is 316 g/mol. The van der Waals surface area contributed by atoms with Crippen LogP contribution in [0, 0.1) is 6.92 Å². The van der Waals surface area contributed by atoms with Crippen LogP contribution in [-0.4, -0.2) is 22.1 Å². The fourth-order valence-corrected chi connectivity index (χ4v) is 3.84. The molecule has 0 radical (unpaired) electrons. The molecule has 3 rings (SSSR count). The summed E-state index contributed by atoms with van der Waals surface area (Å²) < 4.78 is 35.7. The van der Waals surface area contributed by atoms with Gasteiger partial charge in [0.05, 0.1) is 16.9 Å². The molecule has 22 heavy (non-hydrogen) atoms. The van der Waals surface area contributed by atoms with Crippen LogP contribution >= 0.6 is 0 Å². The summed E-state index contributed by atoms with van der Waals surface area (Å²) in [4.78, 5) is 0.623. The van der Waals surface area contributed by atoms with E-state index in [9.17, 15) is 8.42 Å². The van der Waals surface area contributed by atoms with E-state index in [-0.39, 0.29) is 11.5 Å². The molecule has 0 aliphatic carbocycles. The average Bonchev–Trinajstić information content (AvgIpc) is 2.75. The summed E-state index contributed by atoms with van der Waals surface area (Å²) in [6, 6.07) is 12.4. The first-order valence-corrected chi connectivity index (χ1v) is 8.32. The average molecular weight is 316 g/mol. The van der Waals surface area contributed by atoms with Crippen molar-refractivity contribution in [2.45, 2.75) is 11.8 Å². The van der Waals surface area contributed by atoms with E-state index in [1.165, 1.54) is 0 Å². The lowest BCUT2D eigenvalue weighted by Crippen LogP contribution is -2.09.